The maximum atomic E-state index is 15.5. The van der Waals surface area contributed by atoms with E-state index in [-0.39, 0.29) is 61.6 Å². The Labute approximate surface area is 288 Å². The van der Waals surface area contributed by atoms with Crippen LogP contribution in [0.2, 0.25) is 0 Å². The van der Waals surface area contributed by atoms with Gasteiger partial charge in [0.25, 0.3) is 5.91 Å². The van der Waals surface area contributed by atoms with Gasteiger partial charge in [-0.2, -0.15) is 14.9 Å². The van der Waals surface area contributed by atoms with E-state index in [1.54, 1.807) is 36.1 Å². The molecule has 2 N–H and O–H groups in total. The van der Waals surface area contributed by atoms with Crippen LogP contribution in [0.5, 0.6) is 0 Å². The maximum Gasteiger partial charge on any atom is 0.325 e. The minimum Gasteiger partial charge on any atom is -0.468 e. The first kappa shape index (κ1) is 37.4. The Hall–Kier alpha value is -5.47. The monoisotopic (exact) mass is 691 g/mol. The highest BCUT2D eigenvalue weighted by molar-refractivity contribution is 5.99. The number of hydrogen-bond donors (Lipinski definition) is 2. The van der Waals surface area contributed by atoms with Crippen molar-refractivity contribution in [3.8, 4) is 11.1 Å². The van der Waals surface area contributed by atoms with Crippen LogP contribution in [0.15, 0.2) is 42.7 Å². The number of ketones is 1. The van der Waals surface area contributed by atoms with Crippen LogP contribution in [0.4, 0.5) is 4.39 Å². The number of rotatable bonds is 12. The molecule has 4 aromatic rings. The molecule has 0 unspecified atom stereocenters. The molecule has 1 aliphatic rings. The second-order valence-electron chi connectivity index (χ2n) is 11.5. The summed E-state index contributed by atoms with van der Waals surface area (Å²) in [5.41, 5.74) is 1.69. The fraction of sp³-hybridized carbons (Fsp3) is 0.429. The number of halogens is 1. The van der Waals surface area contributed by atoms with Gasteiger partial charge in [-0.25, -0.2) is 4.39 Å². The highest BCUT2D eigenvalue weighted by atomic mass is 19.1. The molecular weight excluding hydrogens is 649 g/mol. The van der Waals surface area contributed by atoms with E-state index in [1.165, 1.54) is 34.9 Å². The summed E-state index contributed by atoms with van der Waals surface area (Å²) in [4.78, 5) is 75.0. The lowest BCUT2D eigenvalue weighted by atomic mass is 9.95. The van der Waals surface area contributed by atoms with Crippen molar-refractivity contribution in [3.05, 3.63) is 48.5 Å². The van der Waals surface area contributed by atoms with E-state index in [4.69, 9.17) is 0 Å². The molecule has 2 aromatic heterocycles. The maximum absolute atomic E-state index is 15.5. The number of amides is 3. The van der Waals surface area contributed by atoms with Crippen LogP contribution in [-0.4, -0.2) is 93.1 Å². The zero-order chi connectivity index (χ0) is 36.4. The molecule has 1 aliphatic heterocycles. The topological polar surface area (TPSA) is 175 Å². The molecule has 0 atom stereocenters. The number of nitrogens with one attached hydrogen (secondary N) is 2. The fourth-order valence-corrected chi connectivity index (χ4v) is 5.70. The number of Topliss-reactive ketones (excluding diaryl/α,β-unsaturated/α-hetero) is 1. The zero-order valence-corrected chi connectivity index (χ0v) is 28.7. The lowest BCUT2D eigenvalue weighted by Gasteiger charge is -2.31. The number of nitrogens with zero attached hydrogens (tertiary/aromatic N) is 5. The van der Waals surface area contributed by atoms with Crippen LogP contribution in [0.3, 0.4) is 0 Å². The summed E-state index contributed by atoms with van der Waals surface area (Å²) in [6, 6.07) is 8.04. The van der Waals surface area contributed by atoms with Crippen molar-refractivity contribution in [3.63, 3.8) is 0 Å². The van der Waals surface area contributed by atoms with Gasteiger partial charge in [-0.05, 0) is 36.6 Å². The number of hydrogen-bond acceptors (Lipinski definition) is 9. The van der Waals surface area contributed by atoms with E-state index in [1.807, 2.05) is 13.8 Å². The molecule has 1 fully saturated rings. The summed E-state index contributed by atoms with van der Waals surface area (Å²) in [6.45, 7) is 5.68. The van der Waals surface area contributed by atoms with E-state index in [2.05, 4.69) is 25.6 Å². The van der Waals surface area contributed by atoms with Crippen LogP contribution in [0.25, 0.3) is 32.9 Å². The Kier molecular flexibility index (Phi) is 12.9. The summed E-state index contributed by atoms with van der Waals surface area (Å²) in [5, 5.41) is 14.4. The van der Waals surface area contributed by atoms with Crippen LogP contribution >= 0.6 is 0 Å². The second-order valence-corrected chi connectivity index (χ2v) is 11.5. The number of esters is 1. The van der Waals surface area contributed by atoms with E-state index in [9.17, 15) is 28.8 Å². The average Bonchev–Trinajstić information content (AvgIpc) is 3.75. The van der Waals surface area contributed by atoms with Gasteiger partial charge in [-0.1, -0.05) is 32.9 Å². The quantitative estimate of drug-likeness (QED) is 0.211. The van der Waals surface area contributed by atoms with Crippen molar-refractivity contribution in [1.82, 2.24) is 35.1 Å². The number of likely N-dealkylation sites (tertiary alicyclic amines) is 1. The highest BCUT2D eigenvalue weighted by Crippen LogP contribution is 2.33. The van der Waals surface area contributed by atoms with Crippen LogP contribution in [-0.2, 0) is 35.3 Å². The van der Waals surface area contributed by atoms with E-state index < -0.39 is 23.6 Å². The lowest BCUT2D eigenvalue weighted by molar-refractivity contribution is -0.141. The van der Waals surface area contributed by atoms with Gasteiger partial charge >= 0.3 is 5.97 Å². The molecule has 15 heteroatoms. The minimum absolute atomic E-state index is 0.0424. The molecule has 1 saturated heterocycles. The molecule has 0 saturated carbocycles. The third-order valence-corrected chi connectivity index (χ3v) is 8.45. The predicted octanol–water partition coefficient (Wildman–Crippen LogP) is 3.26. The van der Waals surface area contributed by atoms with Crippen molar-refractivity contribution in [1.29, 1.82) is 0 Å². The SMILES string of the molecule is CC.CCC(=O)CCC(=O)N1CCC(C(=O)n2ncc3cc(F)c(-c4cccc5c4cnn5CC(=O)NCC(=O)NCC(=O)OC)cc32)CC1. The van der Waals surface area contributed by atoms with Gasteiger partial charge < -0.3 is 20.3 Å². The van der Waals surface area contributed by atoms with Crippen LogP contribution in [0, 0.1) is 11.7 Å². The van der Waals surface area contributed by atoms with Gasteiger partial charge in [-0.3, -0.25) is 33.4 Å². The number of methoxy groups -OCH3 is 1. The van der Waals surface area contributed by atoms with Gasteiger partial charge in [0.2, 0.25) is 17.7 Å². The fourth-order valence-electron chi connectivity index (χ4n) is 5.70. The van der Waals surface area contributed by atoms with E-state index in [0.29, 0.717) is 59.7 Å². The predicted molar refractivity (Wildman–Crippen MR) is 182 cm³/mol. The number of ether oxygens (including phenoxy) is 1. The van der Waals surface area contributed by atoms with Crippen molar-refractivity contribution in [2.75, 3.05) is 33.3 Å². The van der Waals surface area contributed by atoms with Crippen molar-refractivity contribution in [2.24, 2.45) is 5.92 Å². The Morgan fingerprint density at radius 2 is 1.62 bits per heavy atom. The van der Waals surface area contributed by atoms with E-state index in [0.717, 1.165) is 0 Å². The molecule has 0 radical (unpaired) electrons. The summed E-state index contributed by atoms with van der Waals surface area (Å²) < 4.78 is 22.7. The summed E-state index contributed by atoms with van der Waals surface area (Å²) in [7, 11) is 1.19. The third kappa shape index (κ3) is 8.76. The molecule has 0 spiro atoms. The number of carbonyl (C=O) groups excluding carboxylic acids is 6. The molecule has 0 bridgehead atoms. The van der Waals surface area contributed by atoms with Gasteiger partial charge in [0.15, 0.2) is 0 Å². The first-order chi connectivity index (χ1) is 24.1. The van der Waals surface area contributed by atoms with Crippen molar-refractivity contribution >= 4 is 57.2 Å². The molecular formula is C35H42FN7O7. The Bertz CT molecular complexity index is 1890. The van der Waals surface area contributed by atoms with E-state index >= 15 is 4.39 Å². The Morgan fingerprint density at radius 3 is 2.32 bits per heavy atom. The normalized spacial score (nSPS) is 13.0. The van der Waals surface area contributed by atoms with Gasteiger partial charge in [0.1, 0.15) is 24.7 Å². The Balaban J connectivity index is 0.00000276. The highest BCUT2D eigenvalue weighted by Gasteiger charge is 2.30. The molecule has 3 amide bonds. The van der Waals surface area contributed by atoms with Crippen LogP contribution < -0.4 is 10.6 Å². The van der Waals surface area contributed by atoms with Crippen LogP contribution in [0.1, 0.15) is 57.7 Å². The molecule has 50 heavy (non-hydrogen) atoms. The minimum atomic E-state index is -0.621. The average molecular weight is 692 g/mol. The molecule has 2 aromatic carbocycles. The number of benzene rings is 2. The number of carbonyl (C=O) groups is 6. The van der Waals surface area contributed by atoms with Crippen molar-refractivity contribution < 1.29 is 37.9 Å². The summed E-state index contributed by atoms with van der Waals surface area (Å²) >= 11 is 0. The molecule has 266 valence electrons. The standard InChI is InChI=1S/C33H36FN7O7.C2H6/c1-3-22(42)7-8-31(45)39-11-9-20(10-12-39)33(47)41-28-14-24(26(34)13-21(28)15-38-41)23-5-4-6-27-25(23)16-37-40(27)19-30(44)35-17-29(43)36-18-32(46)48-2;1-2/h4-6,13-16,20H,3,7-12,17-19H2,1-2H3,(H,35,44)(H,36,43);1-2H3. The third-order valence-electron chi connectivity index (χ3n) is 8.45. The first-order valence-corrected chi connectivity index (χ1v) is 16.7. The lowest BCUT2D eigenvalue weighted by Crippen LogP contribution is -2.41. The molecule has 5 rings (SSSR count). The molecule has 3 heterocycles. The molecule has 0 aliphatic carbocycles. The number of aromatic nitrogens is 4. The second kappa shape index (κ2) is 17.3. The molecule has 14 nitrogen and oxygen atoms in total. The van der Waals surface area contributed by atoms with Crippen molar-refractivity contribution in [2.45, 2.75) is 59.4 Å². The Morgan fingerprint density at radius 1 is 0.900 bits per heavy atom. The summed E-state index contributed by atoms with van der Waals surface area (Å²) in [6.07, 6.45) is 4.64. The largest absolute Gasteiger partial charge is 0.468 e. The van der Waals surface area contributed by atoms with Gasteiger partial charge in [0, 0.05) is 54.6 Å². The summed E-state index contributed by atoms with van der Waals surface area (Å²) in [5.74, 6) is -2.90. The van der Waals surface area contributed by atoms with Gasteiger partial charge in [0.05, 0.1) is 37.1 Å². The smallest absolute Gasteiger partial charge is 0.325 e. The number of fused-ring (bicyclic) bond motifs is 2. The number of piperidine rings is 1. The van der Waals surface area contributed by atoms with Gasteiger partial charge in [-0.15, -0.1) is 0 Å². The first-order valence-electron chi connectivity index (χ1n) is 16.7. The zero-order valence-electron chi connectivity index (χ0n) is 28.7.